The molecule has 0 saturated carbocycles. The van der Waals surface area contributed by atoms with Crippen LogP contribution in [0.1, 0.15) is 16.9 Å². The Hall–Kier alpha value is -1.32. The topological polar surface area (TPSA) is 21.3 Å². The van der Waals surface area contributed by atoms with Gasteiger partial charge in [-0.1, -0.05) is 18.2 Å². The molecule has 108 valence electrons. The lowest BCUT2D eigenvalue weighted by Crippen LogP contribution is -2.21. The largest absolute Gasteiger partial charge is 0.497 e. The van der Waals surface area contributed by atoms with Gasteiger partial charge in [0.05, 0.1) is 7.11 Å². The molecule has 0 aliphatic carbocycles. The molecule has 1 aromatic carbocycles. The summed E-state index contributed by atoms with van der Waals surface area (Å²) in [6.45, 7) is 1.06. The number of methoxy groups -OCH3 is 1. The second-order valence-corrected chi connectivity index (χ2v) is 6.13. The van der Waals surface area contributed by atoms with Gasteiger partial charge in [0.25, 0.3) is 0 Å². The quantitative estimate of drug-likeness (QED) is 0.799. The number of ether oxygens (including phenoxy) is 1. The standard InChI is InChI=1S/C17H23NOS/c1-18-13-15(8-9-17-7-4-10-20-17)11-14-5-3-6-16(12-14)19-2/h3-7,10,12,15,18H,8-9,11,13H2,1-2H3. The Morgan fingerprint density at radius 1 is 1.25 bits per heavy atom. The molecule has 0 amide bonds. The molecular weight excluding hydrogens is 266 g/mol. The zero-order chi connectivity index (χ0) is 14.2. The monoisotopic (exact) mass is 289 g/mol. The van der Waals surface area contributed by atoms with Crippen molar-refractivity contribution in [1.82, 2.24) is 5.32 Å². The highest BCUT2D eigenvalue weighted by atomic mass is 32.1. The Kier molecular flexibility index (Phi) is 6.09. The Morgan fingerprint density at radius 3 is 2.85 bits per heavy atom. The summed E-state index contributed by atoms with van der Waals surface area (Å²) >= 11 is 1.85. The summed E-state index contributed by atoms with van der Waals surface area (Å²) in [5.41, 5.74) is 1.36. The van der Waals surface area contributed by atoms with Crippen LogP contribution in [0.5, 0.6) is 5.75 Å². The Labute approximate surface area is 125 Å². The molecule has 1 N–H and O–H groups in total. The third-order valence-electron chi connectivity index (χ3n) is 3.53. The molecule has 1 heterocycles. The van der Waals surface area contributed by atoms with Gasteiger partial charge in [-0.15, -0.1) is 11.3 Å². The van der Waals surface area contributed by atoms with E-state index in [0.717, 1.165) is 18.7 Å². The summed E-state index contributed by atoms with van der Waals surface area (Å²) < 4.78 is 5.30. The molecule has 1 aromatic heterocycles. The summed E-state index contributed by atoms with van der Waals surface area (Å²) in [5, 5.41) is 5.48. The van der Waals surface area contributed by atoms with E-state index in [1.54, 1.807) is 7.11 Å². The first kappa shape index (κ1) is 15.1. The first-order chi connectivity index (χ1) is 9.81. The maximum absolute atomic E-state index is 5.30. The highest BCUT2D eigenvalue weighted by molar-refractivity contribution is 7.09. The van der Waals surface area contributed by atoms with Crippen molar-refractivity contribution in [3.63, 3.8) is 0 Å². The average molecular weight is 289 g/mol. The minimum absolute atomic E-state index is 0.661. The van der Waals surface area contributed by atoms with Crippen molar-refractivity contribution in [2.45, 2.75) is 19.3 Å². The van der Waals surface area contributed by atoms with Crippen molar-refractivity contribution in [3.05, 3.63) is 52.2 Å². The van der Waals surface area contributed by atoms with Crippen LogP contribution in [0.4, 0.5) is 0 Å². The summed E-state index contributed by atoms with van der Waals surface area (Å²) in [7, 11) is 3.75. The van der Waals surface area contributed by atoms with Gasteiger partial charge in [0.2, 0.25) is 0 Å². The number of nitrogens with one attached hydrogen (secondary N) is 1. The maximum atomic E-state index is 5.30. The Morgan fingerprint density at radius 2 is 2.15 bits per heavy atom. The van der Waals surface area contributed by atoms with Crippen molar-refractivity contribution in [2.24, 2.45) is 5.92 Å². The predicted molar refractivity (Wildman–Crippen MR) is 86.8 cm³/mol. The van der Waals surface area contributed by atoms with E-state index in [1.165, 1.54) is 23.3 Å². The van der Waals surface area contributed by atoms with Crippen molar-refractivity contribution in [2.75, 3.05) is 20.7 Å². The third-order valence-corrected chi connectivity index (χ3v) is 4.47. The van der Waals surface area contributed by atoms with Crippen LogP contribution in [-0.2, 0) is 12.8 Å². The van der Waals surface area contributed by atoms with Crippen molar-refractivity contribution in [1.29, 1.82) is 0 Å². The molecule has 1 atom stereocenters. The first-order valence-electron chi connectivity index (χ1n) is 7.11. The van der Waals surface area contributed by atoms with Gasteiger partial charge in [0.1, 0.15) is 5.75 Å². The Bertz CT molecular complexity index is 495. The molecule has 2 nitrogen and oxygen atoms in total. The number of hydrogen-bond acceptors (Lipinski definition) is 3. The van der Waals surface area contributed by atoms with Crippen LogP contribution in [-0.4, -0.2) is 20.7 Å². The smallest absolute Gasteiger partial charge is 0.119 e. The van der Waals surface area contributed by atoms with Gasteiger partial charge in [-0.05, 0) is 67.9 Å². The van der Waals surface area contributed by atoms with E-state index in [2.05, 4.69) is 41.0 Å². The molecule has 20 heavy (non-hydrogen) atoms. The van der Waals surface area contributed by atoms with E-state index in [4.69, 9.17) is 4.74 Å². The number of thiophene rings is 1. The van der Waals surface area contributed by atoms with E-state index >= 15 is 0 Å². The molecule has 0 saturated heterocycles. The molecule has 0 bridgehead atoms. The SMILES string of the molecule is CNCC(CCc1cccs1)Cc1cccc(OC)c1. The van der Waals surface area contributed by atoms with Gasteiger partial charge in [-0.3, -0.25) is 0 Å². The molecular formula is C17H23NOS. The predicted octanol–water partition coefficient (Wildman–Crippen LogP) is 3.77. The number of benzene rings is 1. The molecule has 0 aliphatic rings. The van der Waals surface area contributed by atoms with Gasteiger partial charge >= 0.3 is 0 Å². The lowest BCUT2D eigenvalue weighted by atomic mass is 9.94. The van der Waals surface area contributed by atoms with Crippen LogP contribution in [0.3, 0.4) is 0 Å². The summed E-state index contributed by atoms with van der Waals surface area (Å²) in [6.07, 6.45) is 3.50. The fourth-order valence-electron chi connectivity index (χ4n) is 2.50. The van der Waals surface area contributed by atoms with Gasteiger partial charge < -0.3 is 10.1 Å². The van der Waals surface area contributed by atoms with Gasteiger partial charge in [-0.2, -0.15) is 0 Å². The lowest BCUT2D eigenvalue weighted by Gasteiger charge is -2.16. The van der Waals surface area contributed by atoms with E-state index in [1.807, 2.05) is 24.5 Å². The van der Waals surface area contributed by atoms with Crippen molar-refractivity contribution < 1.29 is 4.74 Å². The minimum atomic E-state index is 0.661. The Balaban J connectivity index is 1.93. The number of rotatable bonds is 8. The molecule has 0 radical (unpaired) electrons. The van der Waals surface area contributed by atoms with Crippen molar-refractivity contribution in [3.8, 4) is 5.75 Å². The second kappa shape index (κ2) is 8.08. The highest BCUT2D eigenvalue weighted by Gasteiger charge is 2.10. The zero-order valence-electron chi connectivity index (χ0n) is 12.3. The molecule has 0 fully saturated rings. The van der Waals surface area contributed by atoms with Crippen LogP contribution in [0, 0.1) is 5.92 Å². The number of aryl methyl sites for hydroxylation is 1. The second-order valence-electron chi connectivity index (χ2n) is 5.10. The molecule has 2 rings (SSSR count). The maximum Gasteiger partial charge on any atom is 0.119 e. The molecule has 1 unspecified atom stereocenters. The van der Waals surface area contributed by atoms with E-state index in [0.29, 0.717) is 5.92 Å². The van der Waals surface area contributed by atoms with Crippen LogP contribution in [0.15, 0.2) is 41.8 Å². The zero-order valence-corrected chi connectivity index (χ0v) is 13.1. The van der Waals surface area contributed by atoms with E-state index in [-0.39, 0.29) is 0 Å². The molecule has 0 spiro atoms. The van der Waals surface area contributed by atoms with Gasteiger partial charge in [0.15, 0.2) is 0 Å². The van der Waals surface area contributed by atoms with Crippen LogP contribution < -0.4 is 10.1 Å². The van der Waals surface area contributed by atoms with Crippen LogP contribution in [0.25, 0.3) is 0 Å². The summed E-state index contributed by atoms with van der Waals surface area (Å²) in [5.74, 6) is 1.61. The lowest BCUT2D eigenvalue weighted by molar-refractivity contribution is 0.412. The number of hydrogen-bond donors (Lipinski definition) is 1. The average Bonchev–Trinajstić information content (AvgIpc) is 2.98. The van der Waals surface area contributed by atoms with Crippen LogP contribution in [0.2, 0.25) is 0 Å². The van der Waals surface area contributed by atoms with Gasteiger partial charge in [-0.25, -0.2) is 0 Å². The summed E-state index contributed by atoms with van der Waals surface area (Å²) in [6, 6.07) is 12.8. The normalized spacial score (nSPS) is 12.3. The van der Waals surface area contributed by atoms with E-state index < -0.39 is 0 Å². The molecule has 0 aliphatic heterocycles. The highest BCUT2D eigenvalue weighted by Crippen LogP contribution is 2.20. The first-order valence-corrected chi connectivity index (χ1v) is 7.99. The molecule has 3 heteroatoms. The van der Waals surface area contributed by atoms with Crippen molar-refractivity contribution >= 4 is 11.3 Å². The van der Waals surface area contributed by atoms with Crippen LogP contribution >= 0.6 is 11.3 Å². The minimum Gasteiger partial charge on any atom is -0.497 e. The fourth-order valence-corrected chi connectivity index (χ4v) is 3.22. The molecule has 2 aromatic rings. The summed E-state index contributed by atoms with van der Waals surface area (Å²) in [4.78, 5) is 1.48. The van der Waals surface area contributed by atoms with E-state index in [9.17, 15) is 0 Å². The fraction of sp³-hybridized carbons (Fsp3) is 0.412. The third kappa shape index (κ3) is 4.66. The van der Waals surface area contributed by atoms with Gasteiger partial charge in [0, 0.05) is 4.88 Å².